The fraction of sp³-hybridized carbons (Fsp3) is 0.464. The van der Waals surface area contributed by atoms with Crippen LogP contribution in [0.3, 0.4) is 0 Å². The average molecular weight is 831 g/mol. The lowest BCUT2D eigenvalue weighted by Crippen LogP contribution is -2.47. The number of thioether (sulfide) groups is 1. The smallest absolute Gasteiger partial charge is 0.178 e. The van der Waals surface area contributed by atoms with E-state index in [4.69, 9.17) is 18.9 Å². The normalized spacial score (nSPS) is 22.7. The summed E-state index contributed by atoms with van der Waals surface area (Å²) in [5, 5.41) is 2.44. The van der Waals surface area contributed by atoms with Crippen LogP contribution in [0.2, 0.25) is 0 Å². The van der Waals surface area contributed by atoms with Gasteiger partial charge in [-0.05, 0) is 126 Å². The molecule has 2 heterocycles. The minimum Gasteiger partial charge on any atom is -0.497 e. The predicted molar refractivity (Wildman–Crippen MR) is 250 cm³/mol. The molecule has 6 aliphatic rings. The summed E-state index contributed by atoms with van der Waals surface area (Å²) in [5.74, 6) is 4.79. The number of benzene rings is 5. The second kappa shape index (κ2) is 14.3. The monoisotopic (exact) mass is 830 g/mol. The Morgan fingerprint density at radius 2 is 1.20 bits per heavy atom. The average Bonchev–Trinajstić information content (AvgIpc) is 3.79. The first-order valence-electron chi connectivity index (χ1n) is 23.3. The van der Waals surface area contributed by atoms with E-state index in [-0.39, 0.29) is 21.2 Å². The summed E-state index contributed by atoms with van der Waals surface area (Å²) < 4.78 is 26.9. The summed E-state index contributed by atoms with van der Waals surface area (Å²) in [4.78, 5) is 1.10. The van der Waals surface area contributed by atoms with Gasteiger partial charge in [0.15, 0.2) is 10.5 Å². The molecule has 4 aliphatic carbocycles. The molecule has 1 spiro atoms. The van der Waals surface area contributed by atoms with Gasteiger partial charge < -0.3 is 18.9 Å². The van der Waals surface area contributed by atoms with Gasteiger partial charge in [0.25, 0.3) is 0 Å². The Balaban J connectivity index is 1.19. The molecule has 316 valence electrons. The van der Waals surface area contributed by atoms with Crippen LogP contribution in [0.25, 0.3) is 28.0 Å². The van der Waals surface area contributed by atoms with Crippen LogP contribution in [0, 0.1) is 22.7 Å². The van der Waals surface area contributed by atoms with Crippen LogP contribution >= 0.6 is 11.8 Å². The van der Waals surface area contributed by atoms with Crippen molar-refractivity contribution < 1.29 is 18.9 Å². The Bertz CT molecular complexity index is 2450. The molecule has 0 aromatic heterocycles. The molecule has 3 saturated carbocycles. The van der Waals surface area contributed by atoms with Crippen molar-refractivity contribution in [3.05, 3.63) is 119 Å². The minimum atomic E-state index is -0.904. The Labute approximate surface area is 367 Å². The third-order valence-corrected chi connectivity index (χ3v) is 17.4. The van der Waals surface area contributed by atoms with E-state index < -0.39 is 5.60 Å². The SMILES string of the molecule is COc1ccc(C2(c3ccc(OC)cc3)C=Cc3c4c(c5cc6c(cc5c3O2)OC(C2CCCCC2)(C2CCCCC2)S6)-c2ccccc2C42CC(C)(C)CC(C)(C)C2)cc1. The number of fused-ring (bicyclic) bond motifs is 11. The number of hydrogen-bond acceptors (Lipinski definition) is 5. The van der Waals surface area contributed by atoms with Crippen molar-refractivity contribution in [3.8, 4) is 34.1 Å². The van der Waals surface area contributed by atoms with Crippen molar-refractivity contribution in [1.82, 2.24) is 0 Å². The molecule has 0 radical (unpaired) electrons. The second-order valence-electron chi connectivity index (χ2n) is 21.0. The number of ether oxygens (including phenoxy) is 4. The molecular weight excluding hydrogens is 769 g/mol. The van der Waals surface area contributed by atoms with Crippen molar-refractivity contribution in [2.45, 2.75) is 132 Å². The molecule has 0 amide bonds. The molecule has 5 aromatic rings. The Morgan fingerprint density at radius 3 is 1.77 bits per heavy atom. The maximum Gasteiger partial charge on any atom is 0.178 e. The van der Waals surface area contributed by atoms with Crippen LogP contribution in [0.5, 0.6) is 23.0 Å². The maximum atomic E-state index is 7.93. The molecule has 0 bridgehead atoms. The predicted octanol–water partition coefficient (Wildman–Crippen LogP) is 15.1. The van der Waals surface area contributed by atoms with E-state index in [0.717, 1.165) is 52.4 Å². The zero-order valence-corrected chi connectivity index (χ0v) is 37.9. The molecule has 5 aromatic carbocycles. The van der Waals surface area contributed by atoms with Gasteiger partial charge in [-0.3, -0.25) is 0 Å². The van der Waals surface area contributed by atoms with Gasteiger partial charge in [-0.15, -0.1) is 0 Å². The number of rotatable bonds is 6. The fourth-order valence-corrected chi connectivity index (χ4v) is 15.7. The molecule has 0 atom stereocenters. The Hall–Kier alpha value is -4.35. The molecule has 61 heavy (non-hydrogen) atoms. The summed E-state index contributed by atoms with van der Waals surface area (Å²) in [6.07, 6.45) is 21.2. The largest absolute Gasteiger partial charge is 0.497 e. The summed E-state index contributed by atoms with van der Waals surface area (Å²) in [5.41, 5.74) is 8.29. The highest BCUT2D eigenvalue weighted by Gasteiger charge is 2.57. The van der Waals surface area contributed by atoms with Gasteiger partial charge in [-0.25, -0.2) is 0 Å². The van der Waals surface area contributed by atoms with E-state index in [1.165, 1.54) is 109 Å². The number of hydrogen-bond donors (Lipinski definition) is 0. The zero-order valence-electron chi connectivity index (χ0n) is 37.1. The zero-order chi connectivity index (χ0) is 41.8. The van der Waals surface area contributed by atoms with Gasteiger partial charge in [0.2, 0.25) is 0 Å². The molecule has 2 aliphatic heterocycles. The van der Waals surface area contributed by atoms with Crippen molar-refractivity contribution >= 4 is 28.6 Å². The molecule has 0 saturated heterocycles. The van der Waals surface area contributed by atoms with E-state index in [9.17, 15) is 0 Å². The lowest BCUT2D eigenvalue weighted by Gasteiger charge is -2.52. The highest BCUT2D eigenvalue weighted by Crippen LogP contribution is 2.68. The second-order valence-corrected chi connectivity index (χ2v) is 22.3. The molecule has 0 unspecified atom stereocenters. The molecule has 4 nitrogen and oxygen atoms in total. The van der Waals surface area contributed by atoms with Crippen molar-refractivity contribution in [2.75, 3.05) is 14.2 Å². The highest BCUT2D eigenvalue weighted by atomic mass is 32.2. The lowest BCUT2D eigenvalue weighted by atomic mass is 9.52. The van der Waals surface area contributed by atoms with Crippen LogP contribution in [0.4, 0.5) is 0 Å². The van der Waals surface area contributed by atoms with Crippen LogP contribution in [-0.4, -0.2) is 19.2 Å². The van der Waals surface area contributed by atoms with E-state index >= 15 is 0 Å². The first kappa shape index (κ1) is 39.5. The van der Waals surface area contributed by atoms with Crippen LogP contribution in [-0.2, 0) is 11.0 Å². The van der Waals surface area contributed by atoms with Gasteiger partial charge in [0, 0.05) is 39.3 Å². The Morgan fingerprint density at radius 1 is 0.623 bits per heavy atom. The first-order chi connectivity index (χ1) is 29.5. The van der Waals surface area contributed by atoms with Crippen LogP contribution < -0.4 is 18.9 Å². The van der Waals surface area contributed by atoms with E-state index in [1.54, 1.807) is 14.2 Å². The maximum absolute atomic E-state index is 7.93. The quantitative estimate of drug-likeness (QED) is 0.170. The van der Waals surface area contributed by atoms with Crippen molar-refractivity contribution in [3.63, 3.8) is 0 Å². The summed E-state index contributed by atoms with van der Waals surface area (Å²) in [7, 11) is 3.46. The first-order valence-corrected chi connectivity index (χ1v) is 24.1. The van der Waals surface area contributed by atoms with Gasteiger partial charge >= 0.3 is 0 Å². The molecule has 0 N–H and O–H groups in total. The third kappa shape index (κ3) is 6.13. The van der Waals surface area contributed by atoms with Crippen molar-refractivity contribution in [1.29, 1.82) is 0 Å². The third-order valence-electron chi connectivity index (χ3n) is 15.7. The number of methoxy groups -OCH3 is 2. The molecule has 3 fully saturated rings. The van der Waals surface area contributed by atoms with Gasteiger partial charge in [0.1, 0.15) is 23.0 Å². The van der Waals surface area contributed by atoms with Crippen molar-refractivity contribution in [2.24, 2.45) is 22.7 Å². The van der Waals surface area contributed by atoms with E-state index in [1.807, 2.05) is 0 Å². The van der Waals surface area contributed by atoms with E-state index in [2.05, 4.69) is 137 Å². The topological polar surface area (TPSA) is 36.9 Å². The van der Waals surface area contributed by atoms with E-state index in [0.29, 0.717) is 11.8 Å². The van der Waals surface area contributed by atoms with Gasteiger partial charge in [-0.1, -0.05) is 133 Å². The van der Waals surface area contributed by atoms with Crippen LogP contribution in [0.15, 0.2) is 95.9 Å². The highest BCUT2D eigenvalue weighted by molar-refractivity contribution is 8.01. The summed E-state index contributed by atoms with van der Waals surface area (Å²) in [6, 6.07) is 31.3. The Kier molecular flexibility index (Phi) is 9.29. The molecule has 11 rings (SSSR count). The molecular formula is C56H62O4S. The summed E-state index contributed by atoms with van der Waals surface area (Å²) in [6.45, 7) is 10.0. The lowest BCUT2D eigenvalue weighted by molar-refractivity contribution is 0.0132. The van der Waals surface area contributed by atoms with Gasteiger partial charge in [-0.2, -0.15) is 0 Å². The standard InChI is InChI=1S/C56H62O4S/c1-52(2)33-53(3,4)35-54(34-52)46-20-14-13-19-42(46)49-44-32-48-47(59-56(61-48,38-15-9-7-10-16-38)39-17-11-8-12-18-39)31-45(44)51-43(50(49)54)29-30-55(60-51,36-21-25-40(57-5)26-22-36)37-23-27-41(58-6)28-24-37/h13-14,19-32,38-39H,7-12,15-18,33-35H2,1-6H3. The van der Waals surface area contributed by atoms with Gasteiger partial charge in [0.05, 0.1) is 19.1 Å². The summed E-state index contributed by atoms with van der Waals surface area (Å²) >= 11 is 2.10. The molecule has 5 heteroatoms. The minimum absolute atomic E-state index is 0.148. The van der Waals surface area contributed by atoms with Crippen LogP contribution in [0.1, 0.15) is 139 Å². The fourth-order valence-electron chi connectivity index (χ4n) is 14.0.